The van der Waals surface area contributed by atoms with Crippen LogP contribution in [0.25, 0.3) is 5.82 Å². The summed E-state index contributed by atoms with van der Waals surface area (Å²) in [5.41, 5.74) is 0.279. The molecule has 5 rings (SSSR count). The molecule has 2 fully saturated rings. The molecular weight excluding hydrogens is 561 g/mol. The smallest absolute Gasteiger partial charge is 0.274 e. The highest BCUT2D eigenvalue weighted by Crippen LogP contribution is 2.34. The number of pyridine rings is 1. The lowest BCUT2D eigenvalue weighted by Gasteiger charge is -2.24. The van der Waals surface area contributed by atoms with Crippen molar-refractivity contribution in [2.24, 2.45) is 5.92 Å². The molecule has 3 heterocycles. The molecule has 1 atom stereocenters. The van der Waals surface area contributed by atoms with E-state index in [-0.39, 0.29) is 55.9 Å². The predicted octanol–water partition coefficient (Wildman–Crippen LogP) is 4.52. The van der Waals surface area contributed by atoms with Gasteiger partial charge < -0.3 is 15.4 Å². The summed E-state index contributed by atoms with van der Waals surface area (Å²) in [5, 5.41) is 10.7. The number of ether oxygens (including phenoxy) is 1. The maximum absolute atomic E-state index is 13.5. The Bertz CT molecular complexity index is 1400. The first-order valence-electron chi connectivity index (χ1n) is 11.5. The summed E-state index contributed by atoms with van der Waals surface area (Å²) in [4.78, 5) is 30.9. The van der Waals surface area contributed by atoms with Crippen molar-refractivity contribution in [3.63, 3.8) is 0 Å². The first-order valence-corrected chi connectivity index (χ1v) is 14.2. The Labute approximate surface area is 230 Å². The molecule has 1 saturated carbocycles. The number of carbonyl (C=O) groups excluding carboxylic acids is 2. The van der Waals surface area contributed by atoms with Gasteiger partial charge in [-0.25, -0.2) is 9.67 Å². The Hall–Kier alpha value is -2.66. The topological polar surface area (TPSA) is 115 Å². The maximum atomic E-state index is 13.5. The lowest BCUT2D eigenvalue weighted by Crippen LogP contribution is -2.41. The summed E-state index contributed by atoms with van der Waals surface area (Å²) in [6.07, 6.45) is 3.36. The fourth-order valence-corrected chi connectivity index (χ4v) is 5.54. The number of anilines is 1. The maximum Gasteiger partial charge on any atom is 0.274 e. The molecule has 13 heteroatoms. The molecule has 0 spiro atoms. The zero-order valence-electron chi connectivity index (χ0n) is 19.5. The molecule has 2 amide bonds. The minimum absolute atomic E-state index is 0.0259. The van der Waals surface area contributed by atoms with E-state index >= 15 is 0 Å². The highest BCUT2D eigenvalue weighted by atomic mass is 35.5. The number of nitrogens with zero attached hydrogens (tertiary/aromatic N) is 3. The van der Waals surface area contributed by atoms with Crippen molar-refractivity contribution in [1.82, 2.24) is 20.1 Å². The van der Waals surface area contributed by atoms with Crippen LogP contribution in [0.4, 0.5) is 5.69 Å². The van der Waals surface area contributed by atoms with E-state index in [0.29, 0.717) is 17.4 Å². The van der Waals surface area contributed by atoms with Crippen LogP contribution in [0.5, 0.6) is 5.88 Å². The molecular formula is C24H22Cl3N5O4S. The molecule has 1 aliphatic carbocycles. The van der Waals surface area contributed by atoms with Crippen LogP contribution >= 0.6 is 34.8 Å². The van der Waals surface area contributed by atoms with Gasteiger partial charge in [0.1, 0.15) is 11.8 Å². The minimum Gasteiger partial charge on any atom is -0.471 e. The summed E-state index contributed by atoms with van der Waals surface area (Å²) < 4.78 is 18.5. The van der Waals surface area contributed by atoms with Crippen LogP contribution < -0.4 is 15.4 Å². The van der Waals surface area contributed by atoms with Gasteiger partial charge in [-0.1, -0.05) is 34.8 Å². The summed E-state index contributed by atoms with van der Waals surface area (Å²) in [5.74, 6) is 0.526. The number of nitrogens with one attached hydrogen (secondary N) is 2. The van der Waals surface area contributed by atoms with Crippen LogP contribution in [0.1, 0.15) is 40.6 Å². The van der Waals surface area contributed by atoms with E-state index in [9.17, 15) is 13.8 Å². The fraction of sp³-hybridized carbons (Fsp3) is 0.333. The van der Waals surface area contributed by atoms with Crippen molar-refractivity contribution in [2.75, 3.05) is 16.8 Å². The third-order valence-corrected chi connectivity index (χ3v) is 8.41. The van der Waals surface area contributed by atoms with Crippen molar-refractivity contribution in [1.29, 1.82) is 0 Å². The number of halogens is 3. The quantitative estimate of drug-likeness (QED) is 0.404. The molecule has 0 radical (unpaired) electrons. The van der Waals surface area contributed by atoms with Gasteiger partial charge in [0.05, 0.1) is 32.8 Å². The number of rotatable bonds is 8. The number of hydrogen-bond donors (Lipinski definition) is 2. The van der Waals surface area contributed by atoms with Crippen LogP contribution in [0.15, 0.2) is 36.5 Å². The van der Waals surface area contributed by atoms with E-state index in [0.717, 1.165) is 12.8 Å². The van der Waals surface area contributed by atoms with Gasteiger partial charge in [0.15, 0.2) is 5.82 Å². The van der Waals surface area contributed by atoms with Crippen LogP contribution in [0, 0.1) is 5.92 Å². The SMILES string of the molecule is CC(NC(=O)c1cc(Cl)cc(Cl)c1NC(=O)c1cc(OC2CS(=O)C2)nn1-c1ncccc1Cl)C1CC1. The number of carbonyl (C=O) groups is 2. The molecule has 1 unspecified atom stereocenters. The molecule has 1 aromatic carbocycles. The number of benzene rings is 1. The first kappa shape index (κ1) is 26.0. The lowest BCUT2D eigenvalue weighted by molar-refractivity contribution is 0.0936. The monoisotopic (exact) mass is 581 g/mol. The number of hydrogen-bond acceptors (Lipinski definition) is 6. The van der Waals surface area contributed by atoms with Gasteiger partial charge in [-0.2, -0.15) is 0 Å². The molecule has 1 aliphatic heterocycles. The summed E-state index contributed by atoms with van der Waals surface area (Å²) in [7, 11) is -0.920. The normalized spacial score (nSPS) is 19.6. The molecule has 2 aromatic heterocycles. The van der Waals surface area contributed by atoms with E-state index in [1.165, 1.54) is 29.1 Å². The Kier molecular flexibility index (Phi) is 7.44. The Balaban J connectivity index is 1.47. The zero-order chi connectivity index (χ0) is 26.3. The predicted molar refractivity (Wildman–Crippen MR) is 143 cm³/mol. The molecule has 0 bridgehead atoms. The van der Waals surface area contributed by atoms with Gasteiger partial charge in [0.25, 0.3) is 11.8 Å². The van der Waals surface area contributed by atoms with Crippen LogP contribution in [0.3, 0.4) is 0 Å². The van der Waals surface area contributed by atoms with Gasteiger partial charge >= 0.3 is 0 Å². The van der Waals surface area contributed by atoms with E-state index in [4.69, 9.17) is 39.5 Å². The van der Waals surface area contributed by atoms with Crippen molar-refractivity contribution in [3.8, 4) is 11.7 Å². The van der Waals surface area contributed by atoms with E-state index in [2.05, 4.69) is 20.7 Å². The molecule has 1 saturated heterocycles. The second-order valence-corrected chi connectivity index (χ2v) is 11.8. The largest absolute Gasteiger partial charge is 0.471 e. The van der Waals surface area contributed by atoms with Crippen molar-refractivity contribution in [2.45, 2.75) is 31.9 Å². The fourth-order valence-electron chi connectivity index (χ4n) is 3.93. The zero-order valence-corrected chi connectivity index (χ0v) is 22.6. The van der Waals surface area contributed by atoms with Gasteiger partial charge in [-0.15, -0.1) is 5.10 Å². The summed E-state index contributed by atoms with van der Waals surface area (Å²) in [6, 6.07) is 7.57. The van der Waals surface area contributed by atoms with Crippen LogP contribution in [0.2, 0.25) is 15.1 Å². The van der Waals surface area contributed by atoms with Crippen molar-refractivity contribution < 1.29 is 18.5 Å². The highest BCUT2D eigenvalue weighted by Gasteiger charge is 2.31. The minimum atomic E-state index is -0.920. The first-order chi connectivity index (χ1) is 17.7. The average molecular weight is 583 g/mol. The Morgan fingerprint density at radius 2 is 1.89 bits per heavy atom. The van der Waals surface area contributed by atoms with Gasteiger partial charge in [0.2, 0.25) is 5.88 Å². The third-order valence-electron chi connectivity index (χ3n) is 6.12. The molecule has 3 aromatic rings. The van der Waals surface area contributed by atoms with Gasteiger partial charge in [0, 0.05) is 34.1 Å². The van der Waals surface area contributed by atoms with E-state index in [1.807, 2.05) is 6.92 Å². The third kappa shape index (κ3) is 5.77. The van der Waals surface area contributed by atoms with Crippen molar-refractivity contribution >= 4 is 63.1 Å². The van der Waals surface area contributed by atoms with Crippen LogP contribution in [-0.2, 0) is 10.8 Å². The second kappa shape index (κ2) is 10.6. The van der Waals surface area contributed by atoms with E-state index < -0.39 is 22.6 Å². The molecule has 194 valence electrons. The lowest BCUT2D eigenvalue weighted by atomic mass is 10.1. The Morgan fingerprint density at radius 1 is 1.14 bits per heavy atom. The summed E-state index contributed by atoms with van der Waals surface area (Å²) >= 11 is 18.9. The van der Waals surface area contributed by atoms with Crippen molar-refractivity contribution in [3.05, 3.63) is 62.9 Å². The highest BCUT2D eigenvalue weighted by molar-refractivity contribution is 7.86. The Morgan fingerprint density at radius 3 is 2.57 bits per heavy atom. The molecule has 2 aliphatic rings. The van der Waals surface area contributed by atoms with Gasteiger partial charge in [-0.3, -0.25) is 13.8 Å². The average Bonchev–Trinajstić information content (AvgIpc) is 3.60. The summed E-state index contributed by atoms with van der Waals surface area (Å²) in [6.45, 7) is 1.94. The molecule has 37 heavy (non-hydrogen) atoms. The number of aromatic nitrogens is 3. The van der Waals surface area contributed by atoms with E-state index in [1.54, 1.807) is 12.1 Å². The molecule has 9 nitrogen and oxygen atoms in total. The van der Waals surface area contributed by atoms with Crippen LogP contribution in [-0.4, -0.2) is 54.4 Å². The standard InChI is InChI=1S/C24H22Cl3N5O4S/c1-12(13-4-5-13)29-23(33)16-7-14(25)8-18(27)21(16)30-24(34)19-9-20(36-15-10-37(35)11-15)31-32(19)22-17(26)3-2-6-28-22/h2-3,6-9,12-13,15H,4-5,10-11H2,1H3,(H,29,33)(H,30,34). The number of amides is 2. The second-order valence-electron chi connectivity index (χ2n) is 8.97. The van der Waals surface area contributed by atoms with Gasteiger partial charge in [-0.05, 0) is 49.9 Å². The molecule has 2 N–H and O–H groups in total.